The number of alkyl halides is 1. The third-order valence-corrected chi connectivity index (χ3v) is 10.1. The van der Waals surface area contributed by atoms with Crippen molar-refractivity contribution in [2.24, 2.45) is 11.8 Å². The Bertz CT molecular complexity index is 1470. The van der Waals surface area contributed by atoms with E-state index in [1.807, 2.05) is 48.5 Å². The van der Waals surface area contributed by atoms with Gasteiger partial charge in [0, 0.05) is 24.3 Å². The Morgan fingerprint density at radius 3 is 2.47 bits per heavy atom. The van der Waals surface area contributed by atoms with Gasteiger partial charge in [0.05, 0.1) is 37.1 Å². The summed E-state index contributed by atoms with van der Waals surface area (Å²) in [6.45, 7) is 9.30. The topological polar surface area (TPSA) is 125 Å². The van der Waals surface area contributed by atoms with E-state index < -0.39 is 60.2 Å². The Hall–Kier alpha value is -3.80. The fourth-order valence-corrected chi connectivity index (χ4v) is 8.19. The van der Waals surface area contributed by atoms with Crippen LogP contribution in [0.5, 0.6) is 0 Å². The van der Waals surface area contributed by atoms with Crippen molar-refractivity contribution in [1.29, 1.82) is 0 Å². The first kappa shape index (κ1) is 34.5. The molecule has 0 saturated carbocycles. The summed E-state index contributed by atoms with van der Waals surface area (Å²) < 4.78 is 12.5. The van der Waals surface area contributed by atoms with E-state index in [9.17, 15) is 24.3 Å². The molecular formula is C36H42BrN3O7. The zero-order chi connectivity index (χ0) is 33.7. The van der Waals surface area contributed by atoms with Gasteiger partial charge < -0.3 is 29.7 Å². The molecule has 3 heterocycles. The van der Waals surface area contributed by atoms with Gasteiger partial charge in [-0.1, -0.05) is 88.7 Å². The second-order valence-corrected chi connectivity index (χ2v) is 13.6. The number of carbonyl (C=O) groups excluding carboxylic acids is 4. The molecule has 2 aromatic carbocycles. The number of nitrogens with one attached hydrogen (secondary N) is 1. The van der Waals surface area contributed by atoms with E-state index in [4.69, 9.17) is 9.47 Å². The number of ether oxygens (including phenoxy) is 2. The molecule has 8 atom stereocenters. The Balaban J connectivity index is 1.50. The third kappa shape index (κ3) is 6.79. The van der Waals surface area contributed by atoms with Crippen molar-refractivity contribution in [3.8, 4) is 0 Å². The first-order valence-corrected chi connectivity index (χ1v) is 16.9. The normalized spacial score (nSPS) is 27.1. The highest BCUT2D eigenvalue weighted by Gasteiger charge is 2.77. The van der Waals surface area contributed by atoms with Gasteiger partial charge in [0.1, 0.15) is 17.7 Å². The van der Waals surface area contributed by atoms with Crippen molar-refractivity contribution in [3.63, 3.8) is 0 Å². The van der Waals surface area contributed by atoms with Gasteiger partial charge in [-0.2, -0.15) is 0 Å². The van der Waals surface area contributed by atoms with Gasteiger partial charge in [0.15, 0.2) is 0 Å². The minimum absolute atomic E-state index is 0.102. The lowest BCUT2D eigenvalue weighted by molar-refractivity contribution is -0.160. The molecule has 3 aliphatic rings. The first-order chi connectivity index (χ1) is 22.7. The number of halogens is 1. The molecule has 2 aromatic rings. The number of nitrogens with zero attached hydrogens (tertiary/aromatic N) is 2. The van der Waals surface area contributed by atoms with Crippen LogP contribution in [0, 0.1) is 11.8 Å². The summed E-state index contributed by atoms with van der Waals surface area (Å²) in [7, 11) is 0. The Morgan fingerprint density at radius 2 is 1.83 bits per heavy atom. The van der Waals surface area contributed by atoms with Crippen LogP contribution in [0.25, 0.3) is 0 Å². The highest BCUT2D eigenvalue weighted by Crippen LogP contribution is 2.61. The summed E-state index contributed by atoms with van der Waals surface area (Å²) in [6, 6.07) is 16.6. The highest BCUT2D eigenvalue weighted by molar-refractivity contribution is 9.09. The van der Waals surface area contributed by atoms with Crippen LogP contribution in [0.1, 0.15) is 43.4 Å². The number of carbonyl (C=O) groups is 4. The number of aliphatic hydroxyl groups is 1. The molecule has 0 aromatic heterocycles. The van der Waals surface area contributed by atoms with Crippen LogP contribution >= 0.6 is 15.9 Å². The van der Waals surface area contributed by atoms with Crippen molar-refractivity contribution in [3.05, 3.63) is 97.1 Å². The number of benzene rings is 2. The van der Waals surface area contributed by atoms with Crippen LogP contribution in [-0.2, 0) is 35.2 Å². The van der Waals surface area contributed by atoms with Crippen molar-refractivity contribution >= 4 is 39.6 Å². The Kier molecular flexibility index (Phi) is 11.0. The number of hydrogen-bond acceptors (Lipinski definition) is 7. The Labute approximate surface area is 283 Å². The highest BCUT2D eigenvalue weighted by atomic mass is 79.9. The monoisotopic (exact) mass is 707 g/mol. The second-order valence-electron chi connectivity index (χ2n) is 12.4. The van der Waals surface area contributed by atoms with Crippen LogP contribution in [0.4, 0.5) is 0 Å². The molecule has 2 N–H and O–H groups in total. The molecule has 3 fully saturated rings. The van der Waals surface area contributed by atoms with E-state index in [2.05, 4.69) is 34.4 Å². The maximum Gasteiger partial charge on any atom is 0.312 e. The molecule has 10 nitrogen and oxygen atoms in total. The van der Waals surface area contributed by atoms with Crippen LogP contribution in [0.15, 0.2) is 86.0 Å². The average Bonchev–Trinajstić information content (AvgIpc) is 3.67. The zero-order valence-corrected chi connectivity index (χ0v) is 28.1. The summed E-state index contributed by atoms with van der Waals surface area (Å²) in [5.41, 5.74) is 0.203. The largest absolute Gasteiger partial charge is 0.460 e. The van der Waals surface area contributed by atoms with Crippen molar-refractivity contribution in [2.75, 3.05) is 19.7 Å². The number of esters is 1. The number of fused-ring (bicyclic) bond motifs is 1. The molecule has 1 spiro atoms. The molecule has 3 saturated heterocycles. The summed E-state index contributed by atoms with van der Waals surface area (Å²) in [5, 5.41) is 13.5. The van der Waals surface area contributed by atoms with Gasteiger partial charge in [-0.15, -0.1) is 13.2 Å². The minimum atomic E-state index is -1.35. The van der Waals surface area contributed by atoms with Gasteiger partial charge in [0.2, 0.25) is 17.7 Å². The lowest BCUT2D eigenvalue weighted by Gasteiger charge is -2.39. The minimum Gasteiger partial charge on any atom is -0.460 e. The number of likely N-dealkylation sites (tertiary alicyclic amines) is 1. The van der Waals surface area contributed by atoms with E-state index in [-0.39, 0.29) is 42.7 Å². The predicted octanol–water partition coefficient (Wildman–Crippen LogP) is 3.70. The zero-order valence-electron chi connectivity index (χ0n) is 26.5. The number of allylic oxidation sites excluding steroid dienone is 1. The van der Waals surface area contributed by atoms with Gasteiger partial charge in [0.25, 0.3) is 0 Å². The average molecular weight is 709 g/mol. The van der Waals surface area contributed by atoms with Gasteiger partial charge in [-0.25, -0.2) is 0 Å². The van der Waals surface area contributed by atoms with Crippen LogP contribution < -0.4 is 5.32 Å². The van der Waals surface area contributed by atoms with Crippen LogP contribution in [0.2, 0.25) is 0 Å². The molecule has 0 radical (unpaired) electrons. The molecule has 3 aliphatic heterocycles. The molecule has 2 bridgehead atoms. The number of aliphatic hydroxyl groups excluding tert-OH is 1. The molecule has 1 unspecified atom stereocenters. The molecule has 0 aliphatic carbocycles. The lowest BCUT2D eigenvalue weighted by atomic mass is 9.70. The molecule has 47 heavy (non-hydrogen) atoms. The van der Waals surface area contributed by atoms with E-state index in [1.165, 1.54) is 4.90 Å². The van der Waals surface area contributed by atoms with Gasteiger partial charge >= 0.3 is 5.97 Å². The quantitative estimate of drug-likeness (QED) is 0.164. The van der Waals surface area contributed by atoms with E-state index in [0.29, 0.717) is 18.4 Å². The Morgan fingerprint density at radius 1 is 1.15 bits per heavy atom. The SMILES string of the molecule is C=CCCC(=O)NC[C@H](C)OC(=O)[C@H]1[C@@H]2O[C@@]3(CC2Br)[C@@H]1C(=O)N([C@H](CO)c1ccccc1)[C@@H]3C(=O)N(CC=C)Cc1ccccc1. The fourth-order valence-electron chi connectivity index (χ4n) is 7.24. The van der Waals surface area contributed by atoms with E-state index >= 15 is 0 Å². The van der Waals surface area contributed by atoms with Crippen LogP contribution in [-0.4, -0.2) is 87.0 Å². The third-order valence-electron chi connectivity index (χ3n) is 9.28. The van der Waals surface area contributed by atoms with E-state index in [1.54, 1.807) is 36.1 Å². The number of amides is 3. The maximum absolute atomic E-state index is 14.8. The molecule has 5 rings (SSSR count). The predicted molar refractivity (Wildman–Crippen MR) is 179 cm³/mol. The van der Waals surface area contributed by atoms with Crippen molar-refractivity contribution in [1.82, 2.24) is 15.1 Å². The number of hydrogen-bond donors (Lipinski definition) is 2. The number of rotatable bonds is 15. The van der Waals surface area contributed by atoms with Crippen LogP contribution in [0.3, 0.4) is 0 Å². The smallest absolute Gasteiger partial charge is 0.312 e. The molecular weight excluding hydrogens is 666 g/mol. The fraction of sp³-hybridized carbons (Fsp3) is 0.444. The second kappa shape index (κ2) is 15.0. The lowest BCUT2D eigenvalue weighted by Crippen LogP contribution is -2.57. The summed E-state index contributed by atoms with van der Waals surface area (Å²) in [6.07, 6.45) is 3.02. The van der Waals surface area contributed by atoms with Gasteiger partial charge in [-0.05, 0) is 30.9 Å². The van der Waals surface area contributed by atoms with E-state index in [0.717, 1.165) is 5.56 Å². The molecule has 11 heteroatoms. The van der Waals surface area contributed by atoms with Crippen molar-refractivity contribution < 1.29 is 33.8 Å². The standard InChI is InChI=1S/C36H42BrN3O7/c1-4-6-17-28(42)38-20-23(3)46-35(45)29-30-33(43)40(27(22-41)25-15-11-8-12-16-25)32(36(30)19-26(37)31(29)47-36)34(44)39(18-5-2)21-24-13-9-7-10-14-24/h4-5,7-16,23,26-27,29-32,41H,1-2,6,17-22H2,3H3,(H,38,42)/t23-,26?,27+,29+,30-,31+,32+,36-/m0/s1. The molecule has 250 valence electrons. The van der Waals surface area contributed by atoms with Crippen molar-refractivity contribution in [2.45, 2.75) is 67.5 Å². The summed E-state index contributed by atoms with van der Waals surface area (Å²) in [4.78, 5) is 58.2. The summed E-state index contributed by atoms with van der Waals surface area (Å²) in [5.74, 6) is -3.64. The summed E-state index contributed by atoms with van der Waals surface area (Å²) >= 11 is 3.69. The first-order valence-electron chi connectivity index (χ1n) is 16.0. The van der Waals surface area contributed by atoms with Gasteiger partial charge in [-0.3, -0.25) is 19.2 Å². The molecule has 3 amide bonds. The maximum atomic E-state index is 14.8.